The van der Waals surface area contributed by atoms with Crippen molar-refractivity contribution in [2.45, 2.75) is 13.8 Å². The molecule has 670 valence electrons. The predicted molar refractivity (Wildman–Crippen MR) is 565 cm³/mol. The van der Waals surface area contributed by atoms with Crippen LogP contribution in [0.2, 0.25) is 0 Å². The lowest BCUT2D eigenvalue weighted by Gasteiger charge is -2.11. The van der Waals surface area contributed by atoms with Crippen molar-refractivity contribution in [1.29, 1.82) is 5.26 Å². The summed E-state index contributed by atoms with van der Waals surface area (Å²) >= 11 is 6.87. The van der Waals surface area contributed by atoms with E-state index in [1.807, 2.05) is 105 Å². The zero-order valence-corrected chi connectivity index (χ0v) is 79.4. The van der Waals surface area contributed by atoms with Crippen LogP contribution in [-0.2, 0) is 9.59 Å². The number of nitro groups is 1. The first kappa shape index (κ1) is 85.8. The van der Waals surface area contributed by atoms with Gasteiger partial charge < -0.3 is 14.6 Å². The molecule has 0 spiro atoms. The second kappa shape index (κ2) is 33.5. The van der Waals surface area contributed by atoms with Gasteiger partial charge in [0.1, 0.15) is 144 Å². The van der Waals surface area contributed by atoms with Crippen LogP contribution < -0.4 is 9.47 Å². The maximum Gasteiger partial charge on any atom is 0.335 e. The van der Waals surface area contributed by atoms with Crippen LogP contribution in [0.1, 0.15) is 27.0 Å². The van der Waals surface area contributed by atoms with Crippen molar-refractivity contribution in [1.82, 2.24) is 120 Å². The second-order valence-electron chi connectivity index (χ2n) is 33.0. The summed E-state index contributed by atoms with van der Waals surface area (Å²) in [5.74, 6) is -0.503. The van der Waals surface area contributed by atoms with Crippen LogP contribution in [0.3, 0.4) is 0 Å². The molecular weight excluding hydrogens is 2150 g/mol. The summed E-state index contributed by atoms with van der Waals surface area (Å²) in [5.41, 5.74) is 31.3. The maximum absolute atomic E-state index is 11.6. The average Bonchev–Trinajstić information content (AvgIpc) is 0.729. The minimum absolute atomic E-state index is 0.0514. The maximum atomic E-state index is 11.6. The smallest absolute Gasteiger partial charge is 0.335 e. The van der Waals surface area contributed by atoms with Crippen molar-refractivity contribution >= 4 is 369 Å². The van der Waals surface area contributed by atoms with E-state index >= 15 is 0 Å². The van der Waals surface area contributed by atoms with Crippen LogP contribution in [-0.4, -0.2) is 149 Å². The van der Waals surface area contributed by atoms with E-state index in [0.29, 0.717) is 257 Å². The first-order valence-corrected chi connectivity index (χ1v) is 46.4. The third-order valence-corrected chi connectivity index (χ3v) is 26.0. The highest BCUT2D eigenvalue weighted by Gasteiger charge is 2.27. The van der Waals surface area contributed by atoms with Crippen molar-refractivity contribution in [3.8, 4) is 17.6 Å². The van der Waals surface area contributed by atoms with Crippen molar-refractivity contribution in [2.24, 2.45) is 0 Å². The molecule has 28 aromatic rings. The minimum Gasteiger partial charge on any atom is -0.478 e. The van der Waals surface area contributed by atoms with Gasteiger partial charge in [0.05, 0.1) is 168 Å². The van der Waals surface area contributed by atoms with Crippen LogP contribution in [0.5, 0.6) is 11.5 Å². The molecule has 0 unspecified atom stereocenters. The summed E-state index contributed by atoms with van der Waals surface area (Å²) < 4.78 is 13.2. The molecule has 0 atom stereocenters. The fraction of sp³-hybridized carbons (Fsp3) is 0.0192. The van der Waals surface area contributed by atoms with Gasteiger partial charge in [-0.2, -0.15) is 5.26 Å². The number of carboxylic acid groups (broad SMARTS) is 1. The lowest BCUT2D eigenvalue weighted by atomic mass is 10.1. The number of carboxylic acids is 1. The number of hydrogen-bond donors (Lipinski definition) is 1. The van der Waals surface area contributed by atoms with Gasteiger partial charge in [0.2, 0.25) is 0 Å². The number of carbonyl (C=O) groups is 3. The molecule has 0 amide bonds. The van der Waals surface area contributed by atoms with Gasteiger partial charge in [0.25, 0.3) is 18.6 Å². The number of hydrogen-bond acceptors (Lipinski definition) is 32. The zero-order valence-electron chi connectivity index (χ0n) is 72.9. The number of nitro benzene ring substituents is 1. The van der Waals surface area contributed by atoms with E-state index < -0.39 is 10.9 Å². The summed E-state index contributed by atoms with van der Waals surface area (Å²) in [7, 11) is 0. The summed E-state index contributed by atoms with van der Waals surface area (Å²) in [6, 6.07) is 66.1. The van der Waals surface area contributed by atoms with Crippen molar-refractivity contribution in [3.05, 3.63) is 284 Å². The molecule has 0 aliphatic carbocycles. The molecule has 16 aromatic carbocycles. The van der Waals surface area contributed by atoms with Crippen molar-refractivity contribution < 1.29 is 33.9 Å². The number of halogens is 3. The van der Waals surface area contributed by atoms with Gasteiger partial charge in [0.15, 0.2) is 11.4 Å². The highest BCUT2D eigenvalue weighted by molar-refractivity contribution is 14.1. The topological polar surface area (TPSA) is 475 Å². The molecule has 0 aliphatic rings. The van der Waals surface area contributed by atoms with Crippen LogP contribution in [0.4, 0.5) is 17.1 Å². The minimum atomic E-state index is -1.09. The molecule has 0 bridgehead atoms. The predicted octanol–water partition coefficient (Wildman–Crippen LogP) is 22.0. The number of non-ortho nitro benzene ring substituents is 1. The third kappa shape index (κ3) is 14.8. The number of nitriles is 1. The first-order valence-electron chi connectivity index (χ1n) is 43.1. The van der Waals surface area contributed by atoms with Crippen molar-refractivity contribution in [2.75, 3.05) is 0 Å². The van der Waals surface area contributed by atoms with Gasteiger partial charge in [-0.05, 0) is 263 Å². The van der Waals surface area contributed by atoms with Gasteiger partial charge in [0, 0.05) is 35.0 Å². The number of aryl methyl sites for hydroxylation is 2. The number of aromatic nitrogens is 24. The van der Waals surface area contributed by atoms with E-state index in [2.05, 4.69) is 83.5 Å². The molecule has 0 aliphatic heterocycles. The molecule has 12 aromatic heterocycles. The SMILES string of the molecule is Cc1ccc2nc3c4nc5cc(C)ccc5nc4c4nc5cc([N+](=O)[O-])ccc5nc4c3nc2c1.Ic1ccc2nc3c4nc5cc(I)ccc5nc4c4nc5cc(I)ccc5nc4c3nc2c1.O=COc1ccc2nc3c4nc5cc(OC=O)ccc5nc4c4nc5cc(C(=O)O)ccc5nc4c3nc2c1.[C-]#[N+]c1ccc2nc3c(nc2c1)c1nc2ccc(C#N)cc2nc1c1nc2ccc([N+]#[C-])cc2nc13. The fourth-order valence-electron chi connectivity index (χ4n) is 17.4. The summed E-state index contributed by atoms with van der Waals surface area (Å²) in [4.78, 5) is 168. The lowest BCUT2D eigenvalue weighted by Crippen LogP contribution is -2.01. The zero-order chi connectivity index (χ0) is 97.2. The number of aromatic carboxylic acids is 1. The van der Waals surface area contributed by atoms with Gasteiger partial charge in [-0.1, -0.05) is 24.3 Å². The molecule has 12 heterocycles. The fourth-order valence-corrected chi connectivity index (χ4v) is 18.8. The highest BCUT2D eigenvalue weighted by Crippen LogP contribution is 2.42. The largest absolute Gasteiger partial charge is 0.478 e. The highest BCUT2D eigenvalue weighted by atomic mass is 127. The molecule has 0 fully saturated rings. The number of ether oxygens (including phenoxy) is 2. The average molecular weight is 2200 g/mol. The molecule has 36 nitrogen and oxygen atoms in total. The monoisotopic (exact) mass is 2190 g/mol. The van der Waals surface area contributed by atoms with E-state index in [0.717, 1.165) is 71.5 Å². The van der Waals surface area contributed by atoms with Gasteiger partial charge in [-0.25, -0.2) is 134 Å². The van der Waals surface area contributed by atoms with E-state index in [9.17, 15) is 34.9 Å². The lowest BCUT2D eigenvalue weighted by molar-refractivity contribution is -0.384. The molecule has 28 rings (SSSR count). The number of nitrogens with zero attached hydrogens (tertiary/aromatic N) is 28. The van der Waals surface area contributed by atoms with E-state index in [4.69, 9.17) is 142 Å². The van der Waals surface area contributed by atoms with E-state index in [1.165, 1.54) is 24.3 Å². The van der Waals surface area contributed by atoms with Gasteiger partial charge >= 0.3 is 5.97 Å². The number of carbonyl (C=O) groups excluding carboxylic acids is 2. The Bertz CT molecular complexity index is 10300. The Kier molecular flexibility index (Phi) is 20.1. The molecule has 1 N–H and O–H groups in total. The Labute approximate surface area is 836 Å². The van der Waals surface area contributed by atoms with Crippen LogP contribution in [0.15, 0.2) is 218 Å². The summed E-state index contributed by atoms with van der Waals surface area (Å²) in [5, 5.41) is 30.1. The van der Waals surface area contributed by atoms with Crippen LogP contribution in [0, 0.1) is 59.1 Å². The summed E-state index contributed by atoms with van der Waals surface area (Å²) in [6.45, 7) is 19.3. The number of benzene rings is 16. The standard InChI is InChI=1S/C27H9N9.C27H12N6O6.C26H15N7O2.C24H9I3N6/c1-29-14-4-7-17-20(10-14)36-27-23(32-17)25-22(31-16-6-3-13(12-28)9-19(16)34-25)26-24(27)33-18-8-5-15(30-2)11-21(18)35-26;34-10-38-13-2-5-16-19(8-13)33-26-22(29-16)24-21(28-15-4-1-12(27(36)37)7-18(15)31-24)25-23(26)30-17-6-3-14(39-11-35)9-20(17)32-25;1-12-3-6-15-18(9-12)31-25-21(27-15)24-22(28-16-7-4-13(2)10-19(16)30-24)26-23(25)29-17-8-5-14(33(34)35)11-20(17)32-26;25-10-1-4-13-16(7-10)31-22-19(28-13)23-21(30-14-5-2-11(26)8-17(14)32-23)24-20(22)29-15-6-3-12(27)9-18(15)33-24/h3-11H;1-11H,(H,36,37);3-11H,1-2H3;1-9H. The van der Waals surface area contributed by atoms with E-state index in [1.54, 1.807) is 103 Å². The van der Waals surface area contributed by atoms with Crippen molar-refractivity contribution in [3.63, 3.8) is 0 Å². The first-order chi connectivity index (χ1) is 69.6. The van der Waals surface area contributed by atoms with Crippen LogP contribution in [0.25, 0.3) is 274 Å². The Morgan fingerprint density at radius 1 is 0.301 bits per heavy atom. The number of rotatable bonds is 6. The summed E-state index contributed by atoms with van der Waals surface area (Å²) in [6.07, 6.45) is 0. The Balaban J connectivity index is 0.000000100. The molecular formula is C104H45I3N28O8. The Hall–Kier alpha value is -18.8. The van der Waals surface area contributed by atoms with Gasteiger partial charge in [-0.3, -0.25) is 19.7 Å². The number of fused-ring (bicyclic) bond motifs is 36. The third-order valence-electron chi connectivity index (χ3n) is 24.0. The second-order valence-corrected chi connectivity index (χ2v) is 36.7. The molecule has 39 heteroatoms. The quantitative estimate of drug-likeness (QED) is 0.0307. The van der Waals surface area contributed by atoms with Crippen LogP contribution >= 0.6 is 67.8 Å². The Morgan fingerprint density at radius 2 is 0.524 bits per heavy atom. The Morgan fingerprint density at radius 3 is 0.804 bits per heavy atom. The molecule has 143 heavy (non-hydrogen) atoms. The van der Waals surface area contributed by atoms with E-state index in [-0.39, 0.29) is 11.3 Å². The normalized spacial score (nSPS) is 11.7. The molecule has 0 radical (unpaired) electrons. The molecule has 0 saturated heterocycles. The van der Waals surface area contributed by atoms with Gasteiger partial charge in [-0.15, -0.1) is 0 Å². The molecule has 0 saturated carbocycles.